The Hall–Kier alpha value is -1.48. The van der Waals surface area contributed by atoms with Gasteiger partial charge in [-0.05, 0) is 35.7 Å². The summed E-state index contributed by atoms with van der Waals surface area (Å²) in [5.41, 5.74) is 0. The van der Waals surface area contributed by atoms with Gasteiger partial charge in [-0.25, -0.2) is 0 Å². The number of amides is 1. The van der Waals surface area contributed by atoms with E-state index in [4.69, 9.17) is 0 Å². The van der Waals surface area contributed by atoms with Crippen molar-refractivity contribution >= 4 is 28.4 Å². The first kappa shape index (κ1) is 12.5. The van der Waals surface area contributed by atoms with Gasteiger partial charge in [-0.1, -0.05) is 30.3 Å². The van der Waals surface area contributed by atoms with E-state index in [-0.39, 0.29) is 5.91 Å². The molecule has 0 N–H and O–H groups in total. The summed E-state index contributed by atoms with van der Waals surface area (Å²) in [7, 11) is 0. The molecule has 0 bridgehead atoms. The number of likely N-dealkylation sites (tertiary alicyclic amines) is 1. The average molecular weight is 271 g/mol. The van der Waals surface area contributed by atoms with Gasteiger partial charge >= 0.3 is 0 Å². The topological polar surface area (TPSA) is 20.3 Å². The predicted octanol–water partition coefficient (Wildman–Crippen LogP) is 3.55. The van der Waals surface area contributed by atoms with Gasteiger partial charge in [0.1, 0.15) is 0 Å². The van der Waals surface area contributed by atoms with Crippen molar-refractivity contribution in [2.45, 2.75) is 17.7 Å². The lowest BCUT2D eigenvalue weighted by Crippen LogP contribution is -2.29. The molecular weight excluding hydrogens is 254 g/mol. The number of hydrogen-bond acceptors (Lipinski definition) is 2. The van der Waals surface area contributed by atoms with Crippen molar-refractivity contribution < 1.29 is 4.79 Å². The first-order valence-electron chi connectivity index (χ1n) is 6.72. The van der Waals surface area contributed by atoms with Gasteiger partial charge in [0.15, 0.2) is 0 Å². The van der Waals surface area contributed by atoms with Gasteiger partial charge < -0.3 is 4.90 Å². The van der Waals surface area contributed by atoms with Crippen LogP contribution in [0.4, 0.5) is 0 Å². The Morgan fingerprint density at radius 2 is 1.79 bits per heavy atom. The van der Waals surface area contributed by atoms with Crippen LogP contribution in [0.1, 0.15) is 12.8 Å². The van der Waals surface area contributed by atoms with Crippen LogP contribution in [0.15, 0.2) is 47.4 Å². The van der Waals surface area contributed by atoms with Crippen LogP contribution in [0.5, 0.6) is 0 Å². The summed E-state index contributed by atoms with van der Waals surface area (Å²) in [6.45, 7) is 1.88. The van der Waals surface area contributed by atoms with Gasteiger partial charge in [-0.15, -0.1) is 11.8 Å². The average Bonchev–Trinajstić information content (AvgIpc) is 2.99. The molecule has 3 rings (SSSR count). The summed E-state index contributed by atoms with van der Waals surface area (Å²) in [5, 5.41) is 2.49. The lowest BCUT2D eigenvalue weighted by atomic mass is 10.1. The quantitative estimate of drug-likeness (QED) is 0.796. The van der Waals surface area contributed by atoms with Crippen molar-refractivity contribution in [1.29, 1.82) is 0 Å². The first-order chi connectivity index (χ1) is 9.33. The fraction of sp³-hybridized carbons (Fsp3) is 0.312. The van der Waals surface area contributed by atoms with Crippen LogP contribution in [-0.4, -0.2) is 29.6 Å². The van der Waals surface area contributed by atoms with Gasteiger partial charge in [0.2, 0.25) is 5.91 Å². The van der Waals surface area contributed by atoms with E-state index in [1.54, 1.807) is 11.8 Å². The number of rotatable bonds is 3. The van der Waals surface area contributed by atoms with Gasteiger partial charge in [0, 0.05) is 18.0 Å². The molecule has 98 valence electrons. The molecule has 3 heteroatoms. The number of thioether (sulfide) groups is 1. The van der Waals surface area contributed by atoms with Gasteiger partial charge in [-0.2, -0.15) is 0 Å². The highest BCUT2D eigenvalue weighted by atomic mass is 32.2. The normalized spacial score (nSPS) is 15.1. The Morgan fingerprint density at radius 1 is 1.05 bits per heavy atom. The maximum Gasteiger partial charge on any atom is 0.232 e. The standard InChI is InChI=1S/C16H17NOS/c18-16(17-9-3-4-10-17)12-19-15-8-7-13-5-1-2-6-14(13)11-15/h1-2,5-8,11H,3-4,9-10,12H2. The molecule has 2 nitrogen and oxygen atoms in total. The summed E-state index contributed by atoms with van der Waals surface area (Å²) >= 11 is 1.64. The highest BCUT2D eigenvalue weighted by Crippen LogP contribution is 2.24. The molecule has 0 saturated carbocycles. The molecule has 0 atom stereocenters. The second-order valence-electron chi connectivity index (χ2n) is 4.89. The third kappa shape index (κ3) is 2.92. The molecule has 2 aromatic carbocycles. The van der Waals surface area contributed by atoms with Crippen molar-refractivity contribution in [2.24, 2.45) is 0 Å². The molecule has 0 aromatic heterocycles. The zero-order valence-corrected chi connectivity index (χ0v) is 11.7. The van der Waals surface area contributed by atoms with Crippen LogP contribution in [0.2, 0.25) is 0 Å². The predicted molar refractivity (Wildman–Crippen MR) is 80.5 cm³/mol. The van der Waals surface area contributed by atoms with Crippen LogP contribution < -0.4 is 0 Å². The molecule has 1 saturated heterocycles. The second-order valence-corrected chi connectivity index (χ2v) is 5.93. The summed E-state index contributed by atoms with van der Waals surface area (Å²) < 4.78 is 0. The zero-order chi connectivity index (χ0) is 13.1. The lowest BCUT2D eigenvalue weighted by molar-refractivity contribution is -0.127. The van der Waals surface area contributed by atoms with Crippen molar-refractivity contribution in [3.05, 3.63) is 42.5 Å². The molecule has 1 fully saturated rings. The summed E-state index contributed by atoms with van der Waals surface area (Å²) in [6.07, 6.45) is 2.32. The fourth-order valence-corrected chi connectivity index (χ4v) is 3.31. The van der Waals surface area contributed by atoms with E-state index in [0.717, 1.165) is 25.9 Å². The van der Waals surface area contributed by atoms with Crippen molar-refractivity contribution in [2.75, 3.05) is 18.8 Å². The van der Waals surface area contributed by atoms with Crippen LogP contribution in [-0.2, 0) is 4.79 Å². The number of hydrogen-bond donors (Lipinski definition) is 0. The van der Waals surface area contributed by atoms with Crippen LogP contribution in [0.3, 0.4) is 0 Å². The molecule has 0 unspecified atom stereocenters. The first-order valence-corrected chi connectivity index (χ1v) is 7.71. The Morgan fingerprint density at radius 3 is 2.58 bits per heavy atom. The van der Waals surface area contributed by atoms with E-state index in [9.17, 15) is 4.79 Å². The molecule has 0 spiro atoms. The largest absolute Gasteiger partial charge is 0.342 e. The van der Waals surface area contributed by atoms with Gasteiger partial charge in [0.05, 0.1) is 5.75 Å². The third-order valence-electron chi connectivity index (χ3n) is 3.54. The monoisotopic (exact) mass is 271 g/mol. The summed E-state index contributed by atoms with van der Waals surface area (Å²) in [6, 6.07) is 14.7. The Balaban J connectivity index is 1.66. The minimum absolute atomic E-state index is 0.274. The maximum absolute atomic E-state index is 12.0. The highest BCUT2D eigenvalue weighted by molar-refractivity contribution is 8.00. The zero-order valence-electron chi connectivity index (χ0n) is 10.8. The van der Waals surface area contributed by atoms with E-state index in [1.165, 1.54) is 15.7 Å². The smallest absolute Gasteiger partial charge is 0.232 e. The van der Waals surface area contributed by atoms with Crippen LogP contribution in [0.25, 0.3) is 10.8 Å². The minimum atomic E-state index is 0.274. The molecule has 1 heterocycles. The van der Waals surface area contributed by atoms with E-state index < -0.39 is 0 Å². The van der Waals surface area contributed by atoms with Gasteiger partial charge in [0.25, 0.3) is 0 Å². The molecule has 1 amide bonds. The number of carbonyl (C=O) groups is 1. The molecular formula is C16H17NOS. The summed E-state index contributed by atoms with van der Waals surface area (Å²) in [5.74, 6) is 0.828. The van der Waals surface area contributed by atoms with Crippen LogP contribution >= 0.6 is 11.8 Å². The molecule has 2 aromatic rings. The highest BCUT2D eigenvalue weighted by Gasteiger charge is 2.17. The Labute approximate surface area is 117 Å². The number of benzene rings is 2. The number of fused-ring (bicyclic) bond motifs is 1. The maximum atomic E-state index is 12.0. The van der Waals surface area contributed by atoms with E-state index in [0.29, 0.717) is 5.75 Å². The van der Waals surface area contributed by atoms with E-state index >= 15 is 0 Å². The van der Waals surface area contributed by atoms with Crippen molar-refractivity contribution in [3.63, 3.8) is 0 Å². The van der Waals surface area contributed by atoms with Gasteiger partial charge in [-0.3, -0.25) is 4.79 Å². The third-order valence-corrected chi connectivity index (χ3v) is 4.52. The van der Waals surface area contributed by atoms with Crippen molar-refractivity contribution in [1.82, 2.24) is 4.90 Å². The summed E-state index contributed by atoms with van der Waals surface area (Å²) in [4.78, 5) is 15.1. The molecule has 0 radical (unpaired) electrons. The fourth-order valence-electron chi connectivity index (χ4n) is 2.46. The molecule has 1 aliphatic heterocycles. The minimum Gasteiger partial charge on any atom is -0.342 e. The Bertz CT molecular complexity index is 590. The lowest BCUT2D eigenvalue weighted by Gasteiger charge is -2.14. The molecule has 1 aliphatic rings. The number of carbonyl (C=O) groups excluding carboxylic acids is 1. The number of nitrogens with zero attached hydrogens (tertiary/aromatic N) is 1. The van der Waals surface area contributed by atoms with E-state index in [1.807, 2.05) is 17.0 Å². The molecule has 19 heavy (non-hydrogen) atoms. The van der Waals surface area contributed by atoms with E-state index in [2.05, 4.69) is 30.3 Å². The van der Waals surface area contributed by atoms with Crippen molar-refractivity contribution in [3.8, 4) is 0 Å². The molecule has 0 aliphatic carbocycles. The SMILES string of the molecule is O=C(CSc1ccc2ccccc2c1)N1CCCC1. The Kier molecular flexibility index (Phi) is 3.74. The second kappa shape index (κ2) is 5.66. The van der Waals surface area contributed by atoms with Crippen LogP contribution in [0, 0.1) is 0 Å².